The Morgan fingerprint density at radius 3 is 2.73 bits per heavy atom. The van der Waals surface area contributed by atoms with E-state index in [1.165, 1.54) is 11.1 Å². The van der Waals surface area contributed by atoms with Crippen molar-refractivity contribution >= 4 is 11.6 Å². The van der Waals surface area contributed by atoms with Crippen molar-refractivity contribution < 1.29 is 4.79 Å². The SMILES string of the molecule is Cc1ccccc1NC(=O)CC1c2ccccc2CCN1C. The number of likely N-dealkylation sites (N-methyl/N-ethyl adjacent to an activating group) is 1. The van der Waals surface area contributed by atoms with E-state index in [2.05, 4.69) is 41.5 Å². The lowest BCUT2D eigenvalue weighted by Gasteiger charge is -2.34. The number of benzene rings is 2. The quantitative estimate of drug-likeness (QED) is 0.939. The van der Waals surface area contributed by atoms with Crippen molar-refractivity contribution in [3.63, 3.8) is 0 Å². The van der Waals surface area contributed by atoms with Gasteiger partial charge in [-0.2, -0.15) is 0 Å². The summed E-state index contributed by atoms with van der Waals surface area (Å²) >= 11 is 0. The Balaban J connectivity index is 1.75. The number of para-hydroxylation sites is 1. The number of hydrogen-bond donors (Lipinski definition) is 1. The first-order valence-corrected chi connectivity index (χ1v) is 7.78. The average molecular weight is 294 g/mol. The second-order valence-electron chi connectivity index (χ2n) is 6.01. The number of carbonyl (C=O) groups is 1. The van der Waals surface area contributed by atoms with Crippen LogP contribution in [-0.2, 0) is 11.2 Å². The highest BCUT2D eigenvalue weighted by Crippen LogP contribution is 2.31. The Kier molecular flexibility index (Phi) is 4.25. The Morgan fingerprint density at radius 2 is 1.91 bits per heavy atom. The summed E-state index contributed by atoms with van der Waals surface area (Å²) in [5, 5.41) is 3.04. The molecule has 0 saturated carbocycles. The summed E-state index contributed by atoms with van der Waals surface area (Å²) in [6.07, 6.45) is 1.55. The summed E-state index contributed by atoms with van der Waals surface area (Å²) in [4.78, 5) is 14.7. The van der Waals surface area contributed by atoms with Gasteiger partial charge in [0.2, 0.25) is 5.91 Å². The van der Waals surface area contributed by atoms with E-state index in [9.17, 15) is 4.79 Å². The summed E-state index contributed by atoms with van der Waals surface area (Å²) in [6, 6.07) is 16.5. The molecule has 1 amide bonds. The third kappa shape index (κ3) is 3.04. The molecule has 3 nitrogen and oxygen atoms in total. The molecular formula is C19H22N2O. The standard InChI is InChI=1S/C19H22N2O/c1-14-7-3-6-10-17(14)20-19(22)13-18-16-9-5-4-8-15(16)11-12-21(18)2/h3-10,18H,11-13H2,1-2H3,(H,20,22). The molecule has 0 spiro atoms. The highest BCUT2D eigenvalue weighted by molar-refractivity contribution is 5.92. The number of rotatable bonds is 3. The third-order valence-corrected chi connectivity index (χ3v) is 4.48. The van der Waals surface area contributed by atoms with Crippen LogP contribution in [0, 0.1) is 6.92 Å². The highest BCUT2D eigenvalue weighted by Gasteiger charge is 2.26. The van der Waals surface area contributed by atoms with Crippen LogP contribution in [0.2, 0.25) is 0 Å². The van der Waals surface area contributed by atoms with Gasteiger partial charge in [0.25, 0.3) is 0 Å². The van der Waals surface area contributed by atoms with Crippen molar-refractivity contribution in [2.45, 2.75) is 25.8 Å². The van der Waals surface area contributed by atoms with Gasteiger partial charge in [0, 0.05) is 24.7 Å². The number of amides is 1. The maximum Gasteiger partial charge on any atom is 0.226 e. The number of fused-ring (bicyclic) bond motifs is 1. The molecule has 3 heteroatoms. The van der Waals surface area contributed by atoms with Crippen LogP contribution in [0.25, 0.3) is 0 Å². The first-order valence-electron chi connectivity index (χ1n) is 7.78. The number of hydrogen-bond acceptors (Lipinski definition) is 2. The van der Waals surface area contributed by atoms with Crippen LogP contribution in [0.1, 0.15) is 29.2 Å². The highest BCUT2D eigenvalue weighted by atomic mass is 16.1. The van der Waals surface area contributed by atoms with Gasteiger partial charge in [-0.15, -0.1) is 0 Å². The molecule has 1 unspecified atom stereocenters. The number of nitrogens with one attached hydrogen (secondary N) is 1. The van der Waals surface area contributed by atoms with Gasteiger partial charge >= 0.3 is 0 Å². The number of nitrogens with zero attached hydrogens (tertiary/aromatic N) is 1. The van der Waals surface area contributed by atoms with Gasteiger partial charge in [0.05, 0.1) is 0 Å². The molecule has 0 saturated heterocycles. The van der Waals surface area contributed by atoms with Gasteiger partial charge in [-0.1, -0.05) is 42.5 Å². The third-order valence-electron chi connectivity index (χ3n) is 4.48. The zero-order chi connectivity index (χ0) is 15.5. The Morgan fingerprint density at radius 1 is 1.18 bits per heavy atom. The smallest absolute Gasteiger partial charge is 0.226 e. The van der Waals surface area contributed by atoms with E-state index < -0.39 is 0 Å². The van der Waals surface area contributed by atoms with Gasteiger partial charge in [-0.3, -0.25) is 9.69 Å². The summed E-state index contributed by atoms with van der Waals surface area (Å²) < 4.78 is 0. The molecule has 0 aromatic heterocycles. The molecule has 2 aromatic carbocycles. The maximum atomic E-state index is 12.5. The fourth-order valence-corrected chi connectivity index (χ4v) is 3.13. The van der Waals surface area contributed by atoms with E-state index >= 15 is 0 Å². The van der Waals surface area contributed by atoms with Crippen LogP contribution < -0.4 is 5.32 Å². The molecule has 1 aliphatic rings. The Labute approximate surface area is 132 Å². The largest absolute Gasteiger partial charge is 0.326 e. The zero-order valence-electron chi connectivity index (χ0n) is 13.2. The molecule has 1 heterocycles. The van der Waals surface area contributed by atoms with Gasteiger partial charge < -0.3 is 5.32 Å². The van der Waals surface area contributed by atoms with Gasteiger partial charge in [0.15, 0.2) is 0 Å². The molecular weight excluding hydrogens is 272 g/mol. The molecule has 0 fully saturated rings. The molecule has 0 aliphatic carbocycles. The minimum atomic E-state index is 0.0721. The lowest BCUT2D eigenvalue weighted by atomic mass is 9.91. The molecule has 1 atom stereocenters. The Bertz CT molecular complexity index is 681. The molecule has 0 radical (unpaired) electrons. The zero-order valence-corrected chi connectivity index (χ0v) is 13.2. The molecule has 22 heavy (non-hydrogen) atoms. The number of carbonyl (C=O) groups excluding carboxylic acids is 1. The first-order chi connectivity index (χ1) is 10.6. The lowest BCUT2D eigenvalue weighted by Crippen LogP contribution is -2.34. The monoisotopic (exact) mass is 294 g/mol. The minimum absolute atomic E-state index is 0.0721. The van der Waals surface area contributed by atoms with E-state index in [-0.39, 0.29) is 11.9 Å². The number of anilines is 1. The van der Waals surface area contributed by atoms with E-state index in [1.54, 1.807) is 0 Å². The summed E-state index contributed by atoms with van der Waals surface area (Å²) in [5.74, 6) is 0.0721. The van der Waals surface area contributed by atoms with E-state index in [0.717, 1.165) is 24.2 Å². The molecule has 1 N–H and O–H groups in total. The summed E-state index contributed by atoms with van der Waals surface area (Å²) in [5.41, 5.74) is 4.65. The fourth-order valence-electron chi connectivity index (χ4n) is 3.13. The van der Waals surface area contributed by atoms with Crippen LogP contribution in [0.15, 0.2) is 48.5 Å². The Hall–Kier alpha value is -2.13. The predicted octanol–water partition coefficient (Wildman–Crippen LogP) is 3.55. The minimum Gasteiger partial charge on any atom is -0.326 e. The summed E-state index contributed by atoms with van der Waals surface area (Å²) in [6.45, 7) is 3.01. The summed E-state index contributed by atoms with van der Waals surface area (Å²) in [7, 11) is 2.10. The van der Waals surface area contributed by atoms with Gasteiger partial charge in [-0.25, -0.2) is 0 Å². The molecule has 2 aromatic rings. The van der Waals surface area contributed by atoms with Crippen LogP contribution >= 0.6 is 0 Å². The second-order valence-corrected chi connectivity index (χ2v) is 6.01. The topological polar surface area (TPSA) is 32.3 Å². The van der Waals surface area contributed by atoms with Crippen LogP contribution in [0.5, 0.6) is 0 Å². The maximum absolute atomic E-state index is 12.5. The fraction of sp³-hybridized carbons (Fsp3) is 0.316. The van der Waals surface area contributed by atoms with Crippen molar-refractivity contribution in [1.82, 2.24) is 4.90 Å². The number of aryl methyl sites for hydroxylation is 1. The molecule has 1 aliphatic heterocycles. The predicted molar refractivity (Wildman–Crippen MR) is 89.9 cm³/mol. The second kappa shape index (κ2) is 6.32. The van der Waals surface area contributed by atoms with Crippen molar-refractivity contribution in [3.05, 3.63) is 65.2 Å². The molecule has 3 rings (SSSR count). The first kappa shape index (κ1) is 14.8. The van der Waals surface area contributed by atoms with Crippen LogP contribution in [-0.4, -0.2) is 24.4 Å². The van der Waals surface area contributed by atoms with Crippen molar-refractivity contribution in [2.24, 2.45) is 0 Å². The van der Waals surface area contributed by atoms with E-state index in [1.807, 2.05) is 31.2 Å². The average Bonchev–Trinajstić information content (AvgIpc) is 2.52. The normalized spacial score (nSPS) is 17.8. The molecule has 114 valence electrons. The molecule has 0 bridgehead atoms. The van der Waals surface area contributed by atoms with Crippen molar-refractivity contribution in [3.8, 4) is 0 Å². The lowest BCUT2D eigenvalue weighted by molar-refractivity contribution is -0.117. The van der Waals surface area contributed by atoms with E-state index in [0.29, 0.717) is 6.42 Å². The van der Waals surface area contributed by atoms with Crippen LogP contribution in [0.4, 0.5) is 5.69 Å². The van der Waals surface area contributed by atoms with Gasteiger partial charge in [0.1, 0.15) is 0 Å². The van der Waals surface area contributed by atoms with E-state index in [4.69, 9.17) is 0 Å². The van der Waals surface area contributed by atoms with Crippen molar-refractivity contribution in [1.29, 1.82) is 0 Å². The van der Waals surface area contributed by atoms with Gasteiger partial charge in [-0.05, 0) is 43.1 Å². The van der Waals surface area contributed by atoms with Crippen LogP contribution in [0.3, 0.4) is 0 Å². The van der Waals surface area contributed by atoms with Crippen molar-refractivity contribution in [2.75, 3.05) is 18.9 Å².